The third-order valence-corrected chi connectivity index (χ3v) is 6.12. The lowest BCUT2D eigenvalue weighted by Gasteiger charge is -2.11. The highest BCUT2D eigenvalue weighted by Crippen LogP contribution is 2.35. The molecule has 1 aliphatic rings. The molecule has 7 nitrogen and oxygen atoms in total. The molecule has 0 amide bonds. The topological polar surface area (TPSA) is 67.0 Å². The number of nitrogens with zero attached hydrogens (tertiary/aromatic N) is 5. The molecule has 0 spiro atoms. The van der Waals surface area contributed by atoms with Gasteiger partial charge in [0.25, 0.3) is 0 Å². The van der Waals surface area contributed by atoms with Gasteiger partial charge in [-0.2, -0.15) is 0 Å². The van der Waals surface area contributed by atoms with Crippen LogP contribution in [0.5, 0.6) is 11.5 Å². The lowest BCUT2D eigenvalue weighted by molar-refractivity contribution is 0.290. The molecule has 34 heavy (non-hydrogen) atoms. The third-order valence-electron chi connectivity index (χ3n) is 6.12. The highest BCUT2D eigenvalue weighted by atomic mass is 16.5. The van der Waals surface area contributed by atoms with E-state index >= 15 is 0 Å². The third kappa shape index (κ3) is 3.61. The van der Waals surface area contributed by atoms with Gasteiger partial charge in [-0.3, -0.25) is 0 Å². The van der Waals surface area contributed by atoms with E-state index in [1.54, 1.807) is 7.11 Å². The summed E-state index contributed by atoms with van der Waals surface area (Å²) in [5.74, 6) is 3.11. The van der Waals surface area contributed by atoms with Gasteiger partial charge in [0, 0.05) is 12.0 Å². The second-order valence-electron chi connectivity index (χ2n) is 8.18. The summed E-state index contributed by atoms with van der Waals surface area (Å²) in [5, 5.41) is 9.06. The minimum absolute atomic E-state index is 0.318. The van der Waals surface area contributed by atoms with E-state index < -0.39 is 0 Å². The Morgan fingerprint density at radius 1 is 0.882 bits per heavy atom. The van der Waals surface area contributed by atoms with Crippen molar-refractivity contribution in [2.75, 3.05) is 7.11 Å². The molecule has 0 bridgehead atoms. The quantitative estimate of drug-likeness (QED) is 0.370. The average Bonchev–Trinajstić information content (AvgIpc) is 3.44. The van der Waals surface area contributed by atoms with Crippen molar-refractivity contribution in [3.05, 3.63) is 108 Å². The van der Waals surface area contributed by atoms with Crippen molar-refractivity contribution < 1.29 is 9.47 Å². The Morgan fingerprint density at radius 2 is 1.68 bits per heavy atom. The zero-order chi connectivity index (χ0) is 22.9. The van der Waals surface area contributed by atoms with Crippen LogP contribution in [0.25, 0.3) is 17.1 Å². The number of methoxy groups -OCH3 is 1. The largest absolute Gasteiger partial charge is 0.497 e. The predicted octanol–water partition coefficient (Wildman–Crippen LogP) is 4.67. The van der Waals surface area contributed by atoms with Crippen LogP contribution in [0.15, 0.2) is 85.2 Å². The van der Waals surface area contributed by atoms with Gasteiger partial charge < -0.3 is 18.6 Å². The summed E-state index contributed by atoms with van der Waals surface area (Å²) in [6.45, 7) is 0.910. The van der Waals surface area contributed by atoms with E-state index in [0.717, 1.165) is 52.2 Å². The minimum Gasteiger partial charge on any atom is -0.497 e. The van der Waals surface area contributed by atoms with Crippen LogP contribution in [0.4, 0.5) is 0 Å². The summed E-state index contributed by atoms with van der Waals surface area (Å²) in [6, 6.07) is 26.2. The van der Waals surface area contributed by atoms with Gasteiger partial charge in [0.05, 0.1) is 37.1 Å². The molecule has 6 rings (SSSR count). The number of hydrogen-bond donors (Lipinski definition) is 0. The normalized spacial score (nSPS) is 11.8. The molecule has 0 N–H and O–H groups in total. The number of rotatable bonds is 6. The second-order valence-corrected chi connectivity index (χ2v) is 8.18. The smallest absolute Gasteiger partial charge is 0.171 e. The molecule has 3 heterocycles. The van der Waals surface area contributed by atoms with Gasteiger partial charge in [-0.15, -0.1) is 10.2 Å². The van der Waals surface area contributed by atoms with Gasteiger partial charge in [-0.1, -0.05) is 48.5 Å². The van der Waals surface area contributed by atoms with Gasteiger partial charge in [0.15, 0.2) is 11.6 Å². The number of aromatic nitrogens is 5. The predicted molar refractivity (Wildman–Crippen MR) is 128 cm³/mol. The fourth-order valence-corrected chi connectivity index (χ4v) is 4.38. The highest BCUT2D eigenvalue weighted by Gasteiger charge is 2.26. The average molecular weight is 450 g/mol. The van der Waals surface area contributed by atoms with E-state index in [0.29, 0.717) is 13.2 Å². The standard InChI is InChI=1S/C27H23N5O2/c1-33-21-12-13-24-22(15-21)27-30-29-26(17-34-20-10-6-3-7-11-20)31(27)16-25-23(28-18-32(24)25)14-19-8-4-2-5-9-19/h2-13,15,18H,14,16-17H2,1H3. The van der Waals surface area contributed by atoms with Crippen molar-refractivity contribution >= 4 is 0 Å². The van der Waals surface area contributed by atoms with Gasteiger partial charge in [0.1, 0.15) is 18.1 Å². The molecular weight excluding hydrogens is 426 g/mol. The van der Waals surface area contributed by atoms with E-state index in [1.807, 2.05) is 54.9 Å². The van der Waals surface area contributed by atoms with Gasteiger partial charge in [0.2, 0.25) is 0 Å². The van der Waals surface area contributed by atoms with Crippen LogP contribution in [0, 0.1) is 0 Å². The molecule has 0 fully saturated rings. The number of imidazole rings is 1. The number of ether oxygens (including phenoxy) is 2. The molecule has 0 saturated heterocycles. The zero-order valence-electron chi connectivity index (χ0n) is 18.8. The first-order valence-corrected chi connectivity index (χ1v) is 11.2. The molecule has 7 heteroatoms. The molecule has 0 atom stereocenters. The molecule has 0 saturated carbocycles. The molecule has 168 valence electrons. The fraction of sp³-hybridized carbons (Fsp3) is 0.148. The van der Waals surface area contributed by atoms with Crippen LogP contribution in [-0.4, -0.2) is 31.4 Å². The molecule has 0 unspecified atom stereocenters. The molecule has 2 aromatic heterocycles. The SMILES string of the molecule is COc1ccc2c(c1)-c1nnc(COc3ccccc3)n1Cc1c(Cc3ccccc3)ncn1-2. The summed E-state index contributed by atoms with van der Waals surface area (Å²) >= 11 is 0. The van der Waals surface area contributed by atoms with Crippen LogP contribution >= 0.6 is 0 Å². The van der Waals surface area contributed by atoms with Crippen molar-refractivity contribution in [2.45, 2.75) is 19.6 Å². The Labute approximate surface area is 197 Å². The molecule has 5 aromatic rings. The summed E-state index contributed by atoms with van der Waals surface area (Å²) in [5.41, 5.74) is 5.31. The summed E-state index contributed by atoms with van der Waals surface area (Å²) in [4.78, 5) is 4.80. The molecule has 0 radical (unpaired) electrons. The maximum Gasteiger partial charge on any atom is 0.171 e. The number of hydrogen-bond acceptors (Lipinski definition) is 5. The van der Waals surface area contributed by atoms with E-state index in [2.05, 4.69) is 49.7 Å². The maximum atomic E-state index is 6.02. The Balaban J connectivity index is 1.45. The number of para-hydroxylation sites is 1. The van der Waals surface area contributed by atoms with E-state index in [1.165, 1.54) is 5.56 Å². The van der Waals surface area contributed by atoms with Crippen molar-refractivity contribution in [2.24, 2.45) is 0 Å². The van der Waals surface area contributed by atoms with Crippen molar-refractivity contribution in [3.63, 3.8) is 0 Å². The lowest BCUT2D eigenvalue weighted by Crippen LogP contribution is -2.11. The number of benzene rings is 3. The molecule has 1 aliphatic heterocycles. The van der Waals surface area contributed by atoms with Crippen LogP contribution in [0.1, 0.15) is 22.8 Å². The molecular formula is C27H23N5O2. The maximum absolute atomic E-state index is 6.02. The van der Waals surface area contributed by atoms with E-state index in [9.17, 15) is 0 Å². The Bertz CT molecular complexity index is 1440. The van der Waals surface area contributed by atoms with Crippen LogP contribution in [0.3, 0.4) is 0 Å². The summed E-state index contributed by atoms with van der Waals surface area (Å²) < 4.78 is 15.8. The van der Waals surface area contributed by atoms with Gasteiger partial charge in [-0.25, -0.2) is 4.98 Å². The lowest BCUT2D eigenvalue weighted by atomic mass is 10.1. The van der Waals surface area contributed by atoms with Crippen LogP contribution < -0.4 is 9.47 Å². The Hall–Kier alpha value is -4.39. The molecule has 0 aliphatic carbocycles. The summed E-state index contributed by atoms with van der Waals surface area (Å²) in [7, 11) is 1.67. The fourth-order valence-electron chi connectivity index (χ4n) is 4.38. The highest BCUT2D eigenvalue weighted by molar-refractivity contribution is 5.71. The summed E-state index contributed by atoms with van der Waals surface area (Å²) in [6.07, 6.45) is 2.65. The van der Waals surface area contributed by atoms with E-state index in [4.69, 9.17) is 14.5 Å². The van der Waals surface area contributed by atoms with Crippen LogP contribution in [0.2, 0.25) is 0 Å². The monoisotopic (exact) mass is 449 g/mol. The second kappa shape index (κ2) is 8.51. The van der Waals surface area contributed by atoms with Crippen molar-refractivity contribution in [1.82, 2.24) is 24.3 Å². The van der Waals surface area contributed by atoms with Crippen LogP contribution in [-0.2, 0) is 19.6 Å². The first kappa shape index (κ1) is 20.2. The first-order valence-electron chi connectivity index (χ1n) is 11.2. The van der Waals surface area contributed by atoms with Crippen molar-refractivity contribution in [3.8, 4) is 28.6 Å². The Morgan fingerprint density at radius 3 is 2.47 bits per heavy atom. The zero-order valence-corrected chi connectivity index (χ0v) is 18.8. The molecule has 3 aromatic carbocycles. The minimum atomic E-state index is 0.318. The van der Waals surface area contributed by atoms with Crippen molar-refractivity contribution in [1.29, 1.82) is 0 Å². The van der Waals surface area contributed by atoms with Gasteiger partial charge >= 0.3 is 0 Å². The first-order chi connectivity index (χ1) is 16.8. The Kier molecular flexibility index (Phi) is 5.07. The van der Waals surface area contributed by atoms with E-state index in [-0.39, 0.29) is 0 Å². The number of fused-ring (bicyclic) bond motifs is 5. The van der Waals surface area contributed by atoms with Gasteiger partial charge in [-0.05, 0) is 35.9 Å².